The van der Waals surface area contributed by atoms with E-state index >= 15 is 0 Å². The Morgan fingerprint density at radius 3 is 2.67 bits per heavy atom. The van der Waals surface area contributed by atoms with Crippen LogP contribution in [0.1, 0.15) is 28.8 Å². The average Bonchev–Trinajstić information content (AvgIpc) is 3.42. The fourth-order valence-electron chi connectivity index (χ4n) is 5.16. The number of anilines is 1. The molecule has 176 valence electrons. The number of benzene rings is 1. The number of ether oxygens (including phenoxy) is 1. The summed E-state index contributed by atoms with van der Waals surface area (Å²) >= 11 is 1.57. The number of thiophene rings is 1. The number of alkyl halides is 3. The fraction of sp³-hybridized carbons (Fsp3) is 0.500. The third kappa shape index (κ3) is 4.87. The molecule has 1 atom stereocenters. The van der Waals surface area contributed by atoms with E-state index in [-0.39, 0.29) is 22.8 Å². The summed E-state index contributed by atoms with van der Waals surface area (Å²) in [6.07, 6.45) is -2.60. The standard InChI is InChI=1S/C24H26F3N3O2S/c1-32-15-18-14-30(19-5-4-17(13-28)21(11-19)24(25,26)27)16-23(18)6-8-29(9-7-23)22(31)12-20-3-2-10-33-20/h2-5,10-11,18H,6-9,12,14-16H2,1H3. The fourth-order valence-corrected chi connectivity index (χ4v) is 5.86. The second-order valence-corrected chi connectivity index (χ2v) is 9.90. The highest BCUT2D eigenvalue weighted by Gasteiger charge is 2.48. The summed E-state index contributed by atoms with van der Waals surface area (Å²) in [6, 6.07) is 9.47. The topological polar surface area (TPSA) is 56.6 Å². The van der Waals surface area contributed by atoms with E-state index in [0.29, 0.717) is 44.9 Å². The normalized spacial score (nSPS) is 20.3. The van der Waals surface area contributed by atoms with Gasteiger partial charge in [-0.25, -0.2) is 0 Å². The van der Waals surface area contributed by atoms with Gasteiger partial charge < -0.3 is 14.5 Å². The van der Waals surface area contributed by atoms with Crippen LogP contribution in [0.5, 0.6) is 0 Å². The lowest BCUT2D eigenvalue weighted by Crippen LogP contribution is -2.47. The Morgan fingerprint density at radius 2 is 2.06 bits per heavy atom. The molecule has 5 nitrogen and oxygen atoms in total. The number of piperidine rings is 1. The van der Waals surface area contributed by atoms with Gasteiger partial charge in [0.2, 0.25) is 5.91 Å². The first-order valence-electron chi connectivity index (χ1n) is 10.9. The molecule has 1 aromatic carbocycles. The Morgan fingerprint density at radius 1 is 1.30 bits per heavy atom. The first kappa shape index (κ1) is 23.6. The summed E-state index contributed by atoms with van der Waals surface area (Å²) in [6.45, 7) is 2.98. The van der Waals surface area contributed by atoms with Crippen molar-refractivity contribution in [2.45, 2.75) is 25.4 Å². The van der Waals surface area contributed by atoms with Crippen molar-refractivity contribution in [3.63, 3.8) is 0 Å². The number of likely N-dealkylation sites (tertiary alicyclic amines) is 1. The van der Waals surface area contributed by atoms with Crippen LogP contribution in [-0.2, 0) is 22.1 Å². The van der Waals surface area contributed by atoms with Crippen LogP contribution in [0.2, 0.25) is 0 Å². The number of rotatable bonds is 5. The Labute approximate surface area is 195 Å². The van der Waals surface area contributed by atoms with Crippen LogP contribution in [0.4, 0.5) is 18.9 Å². The van der Waals surface area contributed by atoms with Crippen molar-refractivity contribution in [1.29, 1.82) is 5.26 Å². The summed E-state index contributed by atoms with van der Waals surface area (Å²) < 4.78 is 45.9. The Kier molecular flexibility index (Phi) is 6.68. The maximum atomic E-state index is 13.5. The van der Waals surface area contributed by atoms with Crippen molar-refractivity contribution in [2.24, 2.45) is 11.3 Å². The van der Waals surface area contributed by atoms with Gasteiger partial charge in [0.25, 0.3) is 0 Å². The summed E-state index contributed by atoms with van der Waals surface area (Å²) in [5, 5.41) is 11.0. The molecule has 9 heteroatoms. The largest absolute Gasteiger partial charge is 0.417 e. The lowest BCUT2D eigenvalue weighted by molar-refractivity contribution is -0.137. The van der Waals surface area contributed by atoms with Gasteiger partial charge in [0.1, 0.15) is 0 Å². The number of nitrogens with zero attached hydrogens (tertiary/aromatic N) is 3. The molecule has 0 bridgehead atoms. The maximum absolute atomic E-state index is 13.5. The molecule has 3 heterocycles. The van der Waals surface area contributed by atoms with Gasteiger partial charge in [-0.2, -0.15) is 18.4 Å². The minimum Gasteiger partial charge on any atom is -0.384 e. The minimum atomic E-state index is -4.58. The van der Waals surface area contributed by atoms with E-state index in [1.165, 1.54) is 6.07 Å². The summed E-state index contributed by atoms with van der Waals surface area (Å²) in [5.74, 6) is 0.273. The first-order chi connectivity index (χ1) is 15.8. The van der Waals surface area contributed by atoms with Crippen molar-refractivity contribution >= 4 is 22.9 Å². The van der Waals surface area contributed by atoms with Crippen LogP contribution in [0.15, 0.2) is 35.7 Å². The maximum Gasteiger partial charge on any atom is 0.417 e. The Balaban J connectivity index is 1.50. The molecule has 0 N–H and O–H groups in total. The third-order valence-electron chi connectivity index (χ3n) is 6.99. The van der Waals surface area contributed by atoms with E-state index in [4.69, 9.17) is 10.00 Å². The molecule has 4 rings (SSSR count). The van der Waals surface area contributed by atoms with E-state index < -0.39 is 11.7 Å². The monoisotopic (exact) mass is 477 g/mol. The predicted molar refractivity (Wildman–Crippen MR) is 120 cm³/mol. The number of amides is 1. The number of hydrogen-bond acceptors (Lipinski definition) is 5. The second-order valence-electron chi connectivity index (χ2n) is 8.87. The Hall–Kier alpha value is -2.57. The van der Waals surface area contributed by atoms with Crippen LogP contribution in [0.25, 0.3) is 0 Å². The lowest BCUT2D eigenvalue weighted by atomic mass is 9.71. The quantitative estimate of drug-likeness (QED) is 0.633. The SMILES string of the molecule is COCC1CN(c2ccc(C#N)c(C(F)(F)F)c2)CC12CCN(C(=O)Cc1cccs1)CC2. The van der Waals surface area contributed by atoms with Crippen LogP contribution < -0.4 is 4.90 Å². The summed E-state index contributed by atoms with van der Waals surface area (Å²) in [4.78, 5) is 17.6. The van der Waals surface area contributed by atoms with E-state index in [2.05, 4.69) is 0 Å². The van der Waals surface area contributed by atoms with Gasteiger partial charge in [0.05, 0.1) is 30.2 Å². The van der Waals surface area contributed by atoms with Gasteiger partial charge in [-0.1, -0.05) is 6.07 Å². The van der Waals surface area contributed by atoms with Crippen LogP contribution in [0, 0.1) is 22.7 Å². The van der Waals surface area contributed by atoms with Crippen molar-refractivity contribution in [1.82, 2.24) is 4.90 Å². The first-order valence-corrected chi connectivity index (χ1v) is 11.8. The third-order valence-corrected chi connectivity index (χ3v) is 7.87. The highest BCUT2D eigenvalue weighted by molar-refractivity contribution is 7.10. The van der Waals surface area contributed by atoms with E-state index in [9.17, 15) is 18.0 Å². The predicted octanol–water partition coefficient (Wildman–Crippen LogP) is 4.57. The Bertz CT molecular complexity index is 1020. The molecule has 1 spiro atoms. The molecule has 0 aliphatic carbocycles. The number of methoxy groups -OCH3 is 1. The van der Waals surface area contributed by atoms with Crippen molar-refractivity contribution < 1.29 is 22.7 Å². The molecular formula is C24H26F3N3O2S. The van der Waals surface area contributed by atoms with Gasteiger partial charge in [-0.3, -0.25) is 4.79 Å². The van der Waals surface area contributed by atoms with Gasteiger partial charge in [-0.05, 0) is 47.9 Å². The number of carbonyl (C=O) groups excluding carboxylic acids is 1. The zero-order valence-corrected chi connectivity index (χ0v) is 19.2. The molecule has 1 unspecified atom stereocenters. The molecular weight excluding hydrogens is 451 g/mol. The highest BCUT2D eigenvalue weighted by Crippen LogP contribution is 2.47. The molecule has 33 heavy (non-hydrogen) atoms. The summed E-state index contributed by atoms with van der Waals surface area (Å²) in [7, 11) is 1.64. The number of halogens is 3. The second kappa shape index (κ2) is 9.35. The van der Waals surface area contributed by atoms with Gasteiger partial charge in [0.15, 0.2) is 0 Å². The van der Waals surface area contributed by atoms with E-state index in [0.717, 1.165) is 23.8 Å². The molecule has 2 aliphatic heterocycles. The van der Waals surface area contributed by atoms with Gasteiger partial charge in [-0.15, -0.1) is 11.3 Å². The molecule has 0 radical (unpaired) electrons. The van der Waals surface area contributed by atoms with Crippen LogP contribution in [-0.4, -0.2) is 50.7 Å². The zero-order valence-electron chi connectivity index (χ0n) is 18.4. The molecule has 1 aromatic heterocycles. The molecule has 2 fully saturated rings. The number of hydrogen-bond donors (Lipinski definition) is 0. The average molecular weight is 478 g/mol. The van der Waals surface area contributed by atoms with E-state index in [1.807, 2.05) is 27.3 Å². The smallest absolute Gasteiger partial charge is 0.384 e. The summed E-state index contributed by atoms with van der Waals surface area (Å²) in [5.41, 5.74) is -0.926. The van der Waals surface area contributed by atoms with Gasteiger partial charge >= 0.3 is 6.18 Å². The van der Waals surface area contributed by atoms with Gasteiger partial charge in [0, 0.05) is 49.8 Å². The highest BCUT2D eigenvalue weighted by atomic mass is 32.1. The lowest BCUT2D eigenvalue weighted by Gasteiger charge is -2.42. The van der Waals surface area contributed by atoms with Crippen molar-refractivity contribution in [2.75, 3.05) is 44.8 Å². The minimum absolute atomic E-state index is 0.118. The molecule has 1 amide bonds. The number of nitriles is 1. The molecule has 0 saturated carbocycles. The molecule has 2 saturated heterocycles. The van der Waals surface area contributed by atoms with Crippen LogP contribution in [0.3, 0.4) is 0 Å². The molecule has 2 aliphatic rings. The van der Waals surface area contributed by atoms with Crippen molar-refractivity contribution in [3.05, 3.63) is 51.7 Å². The zero-order chi connectivity index (χ0) is 23.6. The van der Waals surface area contributed by atoms with E-state index in [1.54, 1.807) is 30.6 Å². The van der Waals surface area contributed by atoms with Crippen LogP contribution >= 0.6 is 11.3 Å². The molecule has 2 aromatic rings. The van der Waals surface area contributed by atoms with Crippen molar-refractivity contribution in [3.8, 4) is 6.07 Å². The number of carbonyl (C=O) groups is 1.